The Morgan fingerprint density at radius 1 is 1.12 bits per heavy atom. The molecular formula is C19H20N4O2S. The van der Waals surface area contributed by atoms with Crippen molar-refractivity contribution in [3.05, 3.63) is 54.6 Å². The second-order valence-electron chi connectivity index (χ2n) is 5.53. The molecule has 2 aromatic carbocycles. The Balaban J connectivity index is 1.62. The lowest BCUT2D eigenvalue weighted by molar-refractivity contribution is -0.113. The average molecular weight is 368 g/mol. The Bertz CT molecular complexity index is 863. The van der Waals surface area contributed by atoms with Gasteiger partial charge in [-0.05, 0) is 43.3 Å². The molecule has 0 aliphatic heterocycles. The molecule has 0 aliphatic rings. The Morgan fingerprint density at radius 2 is 1.85 bits per heavy atom. The number of ether oxygens (including phenoxy) is 1. The molecule has 0 atom stereocenters. The lowest BCUT2D eigenvalue weighted by atomic mass is 10.2. The molecule has 134 valence electrons. The van der Waals surface area contributed by atoms with Crippen LogP contribution in [0.25, 0.3) is 11.4 Å². The maximum Gasteiger partial charge on any atom is 0.234 e. The molecule has 7 heteroatoms. The fourth-order valence-corrected chi connectivity index (χ4v) is 3.12. The molecule has 0 saturated heterocycles. The Labute approximate surface area is 156 Å². The van der Waals surface area contributed by atoms with Crippen LogP contribution in [0.2, 0.25) is 0 Å². The van der Waals surface area contributed by atoms with Gasteiger partial charge < -0.3 is 14.6 Å². The minimum absolute atomic E-state index is 0.0770. The summed E-state index contributed by atoms with van der Waals surface area (Å²) in [6.45, 7) is 2.59. The van der Waals surface area contributed by atoms with Gasteiger partial charge in [0.2, 0.25) is 5.91 Å². The van der Waals surface area contributed by atoms with Crippen LogP contribution in [-0.4, -0.2) is 33.0 Å². The Morgan fingerprint density at radius 3 is 2.54 bits per heavy atom. The van der Waals surface area contributed by atoms with Crippen molar-refractivity contribution in [2.24, 2.45) is 7.05 Å². The second kappa shape index (κ2) is 8.53. The predicted molar refractivity (Wildman–Crippen MR) is 103 cm³/mol. The van der Waals surface area contributed by atoms with Crippen LogP contribution < -0.4 is 10.1 Å². The highest BCUT2D eigenvalue weighted by molar-refractivity contribution is 7.99. The predicted octanol–water partition coefficient (Wildman–Crippen LogP) is 3.61. The van der Waals surface area contributed by atoms with Gasteiger partial charge in [0.15, 0.2) is 11.0 Å². The minimum Gasteiger partial charge on any atom is -0.494 e. The van der Waals surface area contributed by atoms with E-state index in [0.29, 0.717) is 11.8 Å². The third kappa shape index (κ3) is 4.43. The van der Waals surface area contributed by atoms with Gasteiger partial charge >= 0.3 is 0 Å². The lowest BCUT2D eigenvalue weighted by Gasteiger charge is -2.06. The number of hydrogen-bond donors (Lipinski definition) is 1. The standard InChI is InChI=1S/C19H20N4O2S/c1-3-25-16-11-9-14(10-12-16)18-21-22-19(23(18)2)26-13-17(24)20-15-7-5-4-6-8-15/h4-12H,3,13H2,1-2H3,(H,20,24). The zero-order chi connectivity index (χ0) is 18.4. The van der Waals surface area contributed by atoms with Crippen LogP contribution in [0.15, 0.2) is 59.8 Å². The number of para-hydroxylation sites is 1. The molecule has 0 saturated carbocycles. The van der Waals surface area contributed by atoms with Crippen molar-refractivity contribution >= 4 is 23.4 Å². The van der Waals surface area contributed by atoms with E-state index < -0.39 is 0 Å². The van der Waals surface area contributed by atoms with Crippen molar-refractivity contribution in [1.29, 1.82) is 0 Å². The fourth-order valence-electron chi connectivity index (χ4n) is 2.41. The van der Waals surface area contributed by atoms with Gasteiger partial charge in [-0.25, -0.2) is 0 Å². The van der Waals surface area contributed by atoms with Crippen LogP contribution in [0.3, 0.4) is 0 Å². The largest absolute Gasteiger partial charge is 0.494 e. The summed E-state index contributed by atoms with van der Waals surface area (Å²) < 4.78 is 7.34. The smallest absolute Gasteiger partial charge is 0.234 e. The molecule has 0 unspecified atom stereocenters. The van der Waals surface area contributed by atoms with Crippen LogP contribution in [-0.2, 0) is 11.8 Å². The summed E-state index contributed by atoms with van der Waals surface area (Å²) in [6, 6.07) is 17.1. The molecule has 1 heterocycles. The average Bonchev–Trinajstić information content (AvgIpc) is 3.02. The third-order valence-corrected chi connectivity index (χ3v) is 4.67. The highest BCUT2D eigenvalue weighted by Crippen LogP contribution is 2.24. The highest BCUT2D eigenvalue weighted by atomic mass is 32.2. The first-order chi connectivity index (χ1) is 12.7. The maximum atomic E-state index is 12.1. The van der Waals surface area contributed by atoms with Crippen molar-refractivity contribution in [2.45, 2.75) is 12.1 Å². The van der Waals surface area contributed by atoms with E-state index in [0.717, 1.165) is 22.8 Å². The number of rotatable bonds is 7. The molecule has 0 fully saturated rings. The first-order valence-electron chi connectivity index (χ1n) is 8.27. The monoisotopic (exact) mass is 368 g/mol. The third-order valence-electron chi connectivity index (χ3n) is 3.65. The molecule has 1 amide bonds. The number of nitrogens with one attached hydrogen (secondary N) is 1. The van der Waals surface area contributed by atoms with Crippen molar-refractivity contribution in [3.63, 3.8) is 0 Å². The van der Waals surface area contributed by atoms with Crippen molar-refractivity contribution in [2.75, 3.05) is 17.7 Å². The fraction of sp³-hybridized carbons (Fsp3) is 0.211. The van der Waals surface area contributed by atoms with Crippen LogP contribution in [0.4, 0.5) is 5.69 Å². The number of amides is 1. The van der Waals surface area contributed by atoms with Gasteiger partial charge in [0.05, 0.1) is 12.4 Å². The lowest BCUT2D eigenvalue weighted by Crippen LogP contribution is -2.14. The summed E-state index contributed by atoms with van der Waals surface area (Å²) in [5, 5.41) is 12.0. The highest BCUT2D eigenvalue weighted by Gasteiger charge is 2.13. The van der Waals surface area contributed by atoms with Gasteiger partial charge in [0.25, 0.3) is 0 Å². The summed E-state index contributed by atoms with van der Waals surface area (Å²) in [4.78, 5) is 12.1. The molecule has 0 aliphatic carbocycles. The molecule has 1 N–H and O–H groups in total. The Kier molecular flexibility index (Phi) is 5.91. The number of carbonyl (C=O) groups excluding carboxylic acids is 1. The molecule has 0 bridgehead atoms. The van der Waals surface area contributed by atoms with E-state index in [4.69, 9.17) is 4.74 Å². The molecule has 26 heavy (non-hydrogen) atoms. The number of thioether (sulfide) groups is 1. The second-order valence-corrected chi connectivity index (χ2v) is 6.47. The molecule has 0 spiro atoms. The first-order valence-corrected chi connectivity index (χ1v) is 9.26. The van der Waals surface area contributed by atoms with Gasteiger partial charge in [-0.1, -0.05) is 30.0 Å². The van der Waals surface area contributed by atoms with Gasteiger partial charge in [0.1, 0.15) is 5.75 Å². The zero-order valence-electron chi connectivity index (χ0n) is 14.7. The Hall–Kier alpha value is -2.80. The summed E-state index contributed by atoms with van der Waals surface area (Å²) in [5.74, 6) is 1.76. The van der Waals surface area contributed by atoms with E-state index >= 15 is 0 Å². The van der Waals surface area contributed by atoms with Gasteiger partial charge in [-0.15, -0.1) is 10.2 Å². The number of carbonyl (C=O) groups is 1. The van der Waals surface area contributed by atoms with Crippen molar-refractivity contribution in [1.82, 2.24) is 14.8 Å². The molecule has 6 nitrogen and oxygen atoms in total. The zero-order valence-corrected chi connectivity index (χ0v) is 15.5. The van der Waals surface area contributed by atoms with Crippen molar-refractivity contribution < 1.29 is 9.53 Å². The summed E-state index contributed by atoms with van der Waals surface area (Å²) >= 11 is 1.35. The van der Waals surface area contributed by atoms with Gasteiger partial charge in [-0.2, -0.15) is 0 Å². The van der Waals surface area contributed by atoms with Gasteiger partial charge in [-0.3, -0.25) is 4.79 Å². The number of benzene rings is 2. The maximum absolute atomic E-state index is 12.1. The quantitative estimate of drug-likeness (QED) is 0.645. The van der Waals surface area contributed by atoms with E-state index in [1.54, 1.807) is 0 Å². The number of anilines is 1. The molecule has 0 radical (unpaired) electrons. The van der Waals surface area contributed by atoms with E-state index in [1.165, 1.54) is 11.8 Å². The number of nitrogens with zero attached hydrogens (tertiary/aromatic N) is 3. The molecular weight excluding hydrogens is 348 g/mol. The van der Waals surface area contributed by atoms with Crippen LogP contribution in [0.5, 0.6) is 5.75 Å². The summed E-state index contributed by atoms with van der Waals surface area (Å²) in [5.41, 5.74) is 1.73. The van der Waals surface area contributed by atoms with E-state index in [1.807, 2.05) is 73.1 Å². The molecule has 1 aromatic heterocycles. The number of aromatic nitrogens is 3. The minimum atomic E-state index is -0.0770. The summed E-state index contributed by atoms with van der Waals surface area (Å²) in [6.07, 6.45) is 0. The van der Waals surface area contributed by atoms with E-state index in [-0.39, 0.29) is 11.7 Å². The molecule has 3 rings (SSSR count). The number of hydrogen-bond acceptors (Lipinski definition) is 5. The summed E-state index contributed by atoms with van der Waals surface area (Å²) in [7, 11) is 1.89. The van der Waals surface area contributed by atoms with Crippen molar-refractivity contribution in [3.8, 4) is 17.1 Å². The SMILES string of the molecule is CCOc1ccc(-c2nnc(SCC(=O)Nc3ccccc3)n2C)cc1. The van der Waals surface area contributed by atoms with Crippen LogP contribution in [0, 0.1) is 0 Å². The van der Waals surface area contributed by atoms with Crippen LogP contribution >= 0.6 is 11.8 Å². The first kappa shape index (κ1) is 18.0. The van der Waals surface area contributed by atoms with Crippen LogP contribution in [0.1, 0.15) is 6.92 Å². The normalized spacial score (nSPS) is 10.5. The van der Waals surface area contributed by atoms with E-state index in [2.05, 4.69) is 15.5 Å². The molecule has 3 aromatic rings. The topological polar surface area (TPSA) is 69.0 Å². The van der Waals surface area contributed by atoms with Gasteiger partial charge in [0, 0.05) is 18.3 Å². The van der Waals surface area contributed by atoms with E-state index in [9.17, 15) is 4.79 Å².